The fraction of sp³-hybridized carbons (Fsp3) is 0.205. The third-order valence-electron chi connectivity index (χ3n) is 8.27. The van der Waals surface area contributed by atoms with Crippen molar-refractivity contribution >= 4 is 11.8 Å². The quantitative estimate of drug-likeness (QED) is 0.197. The van der Waals surface area contributed by atoms with Gasteiger partial charge in [-0.05, 0) is 84.3 Å². The maximum absolute atomic E-state index is 8.22. The molecule has 5 aromatic carbocycles. The van der Waals surface area contributed by atoms with Crippen LogP contribution < -0.4 is 10.5 Å². The molecule has 3 N–H and O–H groups in total. The highest BCUT2D eigenvalue weighted by Gasteiger charge is 2.21. The molecule has 0 spiro atoms. The summed E-state index contributed by atoms with van der Waals surface area (Å²) in [6.45, 7) is 6.08. The van der Waals surface area contributed by atoms with Crippen molar-refractivity contribution in [2.75, 3.05) is 7.05 Å². The number of fused-ring (bicyclic) bond motifs is 4. The Kier molecular flexibility index (Phi) is 13.5. The topological polar surface area (TPSA) is 59.1 Å². The van der Waals surface area contributed by atoms with Gasteiger partial charge in [-0.1, -0.05) is 152 Å². The van der Waals surface area contributed by atoms with E-state index in [1.165, 1.54) is 46.0 Å². The number of hydrogen-bond acceptors (Lipinski definition) is 3. The fourth-order valence-corrected chi connectivity index (χ4v) is 6.02. The van der Waals surface area contributed by atoms with E-state index in [4.69, 9.17) is 10.1 Å². The van der Waals surface area contributed by atoms with Gasteiger partial charge in [0.15, 0.2) is 0 Å². The molecule has 1 atom stereocenters. The van der Waals surface area contributed by atoms with Crippen LogP contribution in [0.2, 0.25) is 0 Å². The number of para-hydroxylation sites is 2. The monoisotopic (exact) mass is 620 g/mol. The van der Waals surface area contributed by atoms with Crippen molar-refractivity contribution in [3.63, 3.8) is 0 Å². The number of benzene rings is 5. The van der Waals surface area contributed by atoms with Crippen LogP contribution in [-0.2, 0) is 12.8 Å². The second-order valence-electron chi connectivity index (χ2n) is 11.3. The van der Waals surface area contributed by atoms with Crippen LogP contribution in [0.25, 0.3) is 5.57 Å². The van der Waals surface area contributed by atoms with Crippen LogP contribution in [0.5, 0.6) is 11.5 Å². The molecule has 240 valence electrons. The van der Waals surface area contributed by atoms with Gasteiger partial charge in [-0.25, -0.2) is 0 Å². The van der Waals surface area contributed by atoms with Crippen molar-refractivity contribution < 1.29 is 4.74 Å². The normalized spacial score (nSPS) is 13.3. The van der Waals surface area contributed by atoms with Gasteiger partial charge in [0.25, 0.3) is 0 Å². The summed E-state index contributed by atoms with van der Waals surface area (Å²) in [5, 5.41) is 8.22. The van der Waals surface area contributed by atoms with Crippen LogP contribution in [0, 0.1) is 12.3 Å². The van der Waals surface area contributed by atoms with Gasteiger partial charge in [0.1, 0.15) is 11.5 Å². The molecule has 0 bridgehead atoms. The Labute approximate surface area is 282 Å². The Morgan fingerprint density at radius 2 is 1.23 bits per heavy atom. The maximum Gasteiger partial charge on any atom is 0.130 e. The third-order valence-corrected chi connectivity index (χ3v) is 8.27. The molecule has 0 saturated heterocycles. The number of nitrogens with one attached hydrogen (secondary N) is 1. The summed E-state index contributed by atoms with van der Waals surface area (Å²) in [6, 6.07) is 44.2. The van der Waals surface area contributed by atoms with E-state index in [1.54, 1.807) is 6.21 Å². The first kappa shape index (κ1) is 34.9. The fourth-order valence-electron chi connectivity index (χ4n) is 6.02. The van der Waals surface area contributed by atoms with E-state index in [-0.39, 0.29) is 5.92 Å². The third kappa shape index (κ3) is 9.06. The Morgan fingerprint density at radius 1 is 0.660 bits per heavy atom. The van der Waals surface area contributed by atoms with Gasteiger partial charge in [0, 0.05) is 18.6 Å². The summed E-state index contributed by atoms with van der Waals surface area (Å²) in [4.78, 5) is 0. The van der Waals surface area contributed by atoms with Crippen LogP contribution in [-0.4, -0.2) is 13.3 Å². The summed E-state index contributed by atoms with van der Waals surface area (Å²) in [7, 11) is 1.50. The van der Waals surface area contributed by atoms with Gasteiger partial charge < -0.3 is 15.9 Å². The Hall–Kier alpha value is -4.99. The highest BCUT2D eigenvalue weighted by Crippen LogP contribution is 2.39. The molecular formula is C44H48N2O. The molecule has 1 unspecified atom stereocenters. The molecule has 3 heteroatoms. The predicted octanol–water partition coefficient (Wildman–Crippen LogP) is 11.1. The molecule has 0 saturated carbocycles. The SMILES string of the molecule is CC.CN.Cc1ccccc1.N=CC(c1ccccc1)c1ccc2c(c1)Cc1ccccc1Oc1ccccc1CC1=C2C=CCC1. The van der Waals surface area contributed by atoms with E-state index in [2.05, 4.69) is 110 Å². The lowest BCUT2D eigenvalue weighted by Crippen LogP contribution is -2.06. The van der Waals surface area contributed by atoms with Crippen molar-refractivity contribution in [2.24, 2.45) is 5.73 Å². The molecule has 2 aliphatic rings. The molecule has 5 aromatic rings. The predicted molar refractivity (Wildman–Crippen MR) is 201 cm³/mol. The highest BCUT2D eigenvalue weighted by molar-refractivity contribution is 5.81. The lowest BCUT2D eigenvalue weighted by molar-refractivity contribution is 0.472. The first-order chi connectivity index (χ1) is 23.2. The second-order valence-corrected chi connectivity index (χ2v) is 11.3. The number of ether oxygens (including phenoxy) is 1. The van der Waals surface area contributed by atoms with E-state index in [1.807, 2.05) is 56.3 Å². The first-order valence-electron chi connectivity index (χ1n) is 16.7. The van der Waals surface area contributed by atoms with Crippen molar-refractivity contribution in [1.29, 1.82) is 5.41 Å². The minimum Gasteiger partial charge on any atom is -0.457 e. The molecule has 1 aliphatic heterocycles. The smallest absolute Gasteiger partial charge is 0.130 e. The van der Waals surface area contributed by atoms with E-state index in [0.29, 0.717) is 0 Å². The van der Waals surface area contributed by atoms with Crippen LogP contribution in [0.4, 0.5) is 0 Å². The molecule has 47 heavy (non-hydrogen) atoms. The summed E-state index contributed by atoms with van der Waals surface area (Å²) >= 11 is 0. The van der Waals surface area contributed by atoms with E-state index in [0.717, 1.165) is 48.3 Å². The van der Waals surface area contributed by atoms with Crippen LogP contribution in [0.15, 0.2) is 145 Å². The zero-order chi connectivity index (χ0) is 33.4. The average molecular weight is 621 g/mol. The van der Waals surface area contributed by atoms with E-state index in [9.17, 15) is 0 Å². The molecule has 0 fully saturated rings. The molecular weight excluding hydrogens is 572 g/mol. The summed E-state index contributed by atoms with van der Waals surface area (Å²) < 4.78 is 6.56. The Morgan fingerprint density at radius 3 is 1.83 bits per heavy atom. The van der Waals surface area contributed by atoms with Crippen LogP contribution >= 0.6 is 0 Å². The van der Waals surface area contributed by atoms with Gasteiger partial charge in [-0.15, -0.1) is 0 Å². The number of rotatable bonds is 3. The molecule has 3 nitrogen and oxygen atoms in total. The summed E-state index contributed by atoms with van der Waals surface area (Å²) in [5.74, 6) is 1.77. The molecule has 0 aromatic heterocycles. The van der Waals surface area contributed by atoms with Crippen molar-refractivity contribution in [3.05, 3.63) is 184 Å². The Balaban J connectivity index is 0.000000395. The number of nitrogens with two attached hydrogens (primary N) is 1. The number of aryl methyl sites for hydroxylation is 1. The zero-order valence-corrected chi connectivity index (χ0v) is 28.2. The van der Waals surface area contributed by atoms with Crippen molar-refractivity contribution in [2.45, 2.75) is 52.4 Å². The summed E-state index contributed by atoms with van der Waals surface area (Å²) in [6.07, 6.45) is 9.95. The zero-order valence-electron chi connectivity index (χ0n) is 28.2. The molecule has 7 rings (SSSR count). The average Bonchev–Trinajstić information content (AvgIpc) is 3.15. The van der Waals surface area contributed by atoms with E-state index < -0.39 is 0 Å². The number of allylic oxidation sites excluding steroid dienone is 4. The maximum atomic E-state index is 8.22. The molecule has 1 heterocycles. The van der Waals surface area contributed by atoms with Gasteiger partial charge in [-0.3, -0.25) is 0 Å². The van der Waals surface area contributed by atoms with Gasteiger partial charge in [-0.2, -0.15) is 0 Å². The van der Waals surface area contributed by atoms with Gasteiger partial charge >= 0.3 is 0 Å². The Bertz CT molecular complexity index is 1770. The lowest BCUT2D eigenvalue weighted by atomic mass is 9.83. The highest BCUT2D eigenvalue weighted by atomic mass is 16.5. The van der Waals surface area contributed by atoms with Crippen LogP contribution in [0.1, 0.15) is 71.6 Å². The minimum atomic E-state index is -0.0687. The van der Waals surface area contributed by atoms with Gasteiger partial charge in [0.05, 0.1) is 0 Å². The van der Waals surface area contributed by atoms with Crippen molar-refractivity contribution in [3.8, 4) is 11.5 Å². The van der Waals surface area contributed by atoms with Crippen molar-refractivity contribution in [1.82, 2.24) is 0 Å². The minimum absolute atomic E-state index is 0.0687. The largest absolute Gasteiger partial charge is 0.457 e. The van der Waals surface area contributed by atoms with E-state index >= 15 is 0 Å². The molecule has 1 aliphatic carbocycles. The number of hydrogen-bond donors (Lipinski definition) is 2. The summed E-state index contributed by atoms with van der Waals surface area (Å²) in [5.41, 5.74) is 15.9. The first-order valence-corrected chi connectivity index (χ1v) is 16.7. The molecule has 0 radical (unpaired) electrons. The molecule has 0 amide bonds. The standard InChI is InChI=1S/C34H29NO.C7H8.C2H6.CH5N/c35-23-32(24-10-2-1-3-11-24)26-18-19-31-29(21-26)22-28-14-6-9-17-34(28)36-33-16-8-5-13-27(33)20-25-12-4-7-15-30(25)31;1-7-5-3-2-4-6-7;2*1-2/h1-3,5-11,13-19,21,23,32,35H,4,12,20,22H2;2-6H,1H3;1-2H3;2H2,1H3. The van der Waals surface area contributed by atoms with Crippen LogP contribution in [0.3, 0.4) is 0 Å². The van der Waals surface area contributed by atoms with Gasteiger partial charge in [0.2, 0.25) is 0 Å². The lowest BCUT2D eigenvalue weighted by Gasteiger charge is -2.21. The second kappa shape index (κ2) is 18.2.